The van der Waals surface area contributed by atoms with E-state index in [4.69, 9.17) is 28.9 Å². The Morgan fingerprint density at radius 3 is 2.06 bits per heavy atom. The summed E-state index contributed by atoms with van der Waals surface area (Å²) in [6.07, 6.45) is 0. The van der Waals surface area contributed by atoms with Crippen LogP contribution in [0.4, 0.5) is 5.69 Å². The maximum Gasteiger partial charge on any atom is 0.139 e. The van der Waals surface area contributed by atoms with Crippen molar-refractivity contribution in [3.8, 4) is 16.9 Å². The Hall–Kier alpha value is -1.38. The Morgan fingerprint density at radius 2 is 1.50 bits per heavy atom. The Morgan fingerprint density at radius 1 is 0.875 bits per heavy atom. The second kappa shape index (κ2) is 4.24. The van der Waals surface area contributed by atoms with Gasteiger partial charge < -0.3 is 10.8 Å². The third-order valence-corrected chi connectivity index (χ3v) is 2.66. The molecule has 0 heterocycles. The molecule has 2 nitrogen and oxygen atoms in total. The molecule has 0 atom stereocenters. The maximum atomic E-state index is 9.51. The number of hydrogen-bond acceptors (Lipinski definition) is 2. The highest BCUT2D eigenvalue weighted by Gasteiger charge is 2.04. The number of benzene rings is 2. The van der Waals surface area contributed by atoms with E-state index in [1.54, 1.807) is 36.4 Å². The number of halogens is 2. The van der Waals surface area contributed by atoms with Gasteiger partial charge in [0.05, 0.1) is 5.69 Å². The van der Waals surface area contributed by atoms with Crippen LogP contribution >= 0.6 is 23.2 Å². The fraction of sp³-hybridized carbons (Fsp3) is 0. The van der Waals surface area contributed by atoms with Crippen LogP contribution < -0.4 is 5.73 Å². The third-order valence-electron chi connectivity index (χ3n) is 2.23. The van der Waals surface area contributed by atoms with E-state index in [0.717, 1.165) is 11.1 Å². The van der Waals surface area contributed by atoms with E-state index < -0.39 is 0 Å². The number of rotatable bonds is 1. The largest absolute Gasteiger partial charge is 0.506 e. The Kier molecular flexibility index (Phi) is 2.95. The van der Waals surface area contributed by atoms with Crippen LogP contribution in [0.5, 0.6) is 5.75 Å². The summed E-state index contributed by atoms with van der Waals surface area (Å²) in [5.74, 6) is 0.0496. The van der Waals surface area contributed by atoms with Gasteiger partial charge in [0.1, 0.15) is 5.75 Å². The standard InChI is InChI=1S/C12H9Cl2NO/c13-9-3-8(4-10(14)6-9)7-1-2-11(15)12(16)5-7/h1-6,16H,15H2. The topological polar surface area (TPSA) is 46.2 Å². The summed E-state index contributed by atoms with van der Waals surface area (Å²) in [6.45, 7) is 0. The molecule has 82 valence electrons. The SMILES string of the molecule is Nc1ccc(-c2cc(Cl)cc(Cl)c2)cc1O. The number of nitrogens with two attached hydrogens (primary N) is 1. The molecule has 0 fully saturated rings. The number of hydrogen-bond donors (Lipinski definition) is 2. The molecule has 0 aliphatic heterocycles. The first kappa shape index (κ1) is 11.1. The fourth-order valence-corrected chi connectivity index (χ4v) is 1.97. The number of nitrogen functional groups attached to an aromatic ring is 1. The molecule has 2 aromatic rings. The van der Waals surface area contributed by atoms with Gasteiger partial charge in [0, 0.05) is 10.0 Å². The average molecular weight is 254 g/mol. The van der Waals surface area contributed by atoms with Crippen molar-refractivity contribution in [2.75, 3.05) is 5.73 Å². The highest BCUT2D eigenvalue weighted by atomic mass is 35.5. The lowest BCUT2D eigenvalue weighted by molar-refractivity contribution is 0.478. The molecule has 0 radical (unpaired) electrons. The first-order chi connectivity index (χ1) is 7.56. The van der Waals surface area contributed by atoms with Crippen molar-refractivity contribution >= 4 is 28.9 Å². The van der Waals surface area contributed by atoms with Gasteiger partial charge in [-0.3, -0.25) is 0 Å². The minimum absolute atomic E-state index is 0.0496. The predicted octanol–water partition coefficient (Wildman–Crippen LogP) is 3.95. The summed E-state index contributed by atoms with van der Waals surface area (Å²) in [5.41, 5.74) is 7.53. The highest BCUT2D eigenvalue weighted by Crippen LogP contribution is 2.31. The monoisotopic (exact) mass is 253 g/mol. The average Bonchev–Trinajstić information content (AvgIpc) is 2.20. The van der Waals surface area contributed by atoms with Crippen LogP contribution in [0.3, 0.4) is 0 Å². The van der Waals surface area contributed by atoms with Crippen molar-refractivity contribution < 1.29 is 5.11 Å². The van der Waals surface area contributed by atoms with Crippen LogP contribution in [0.15, 0.2) is 36.4 Å². The maximum absolute atomic E-state index is 9.51. The third kappa shape index (κ3) is 2.23. The molecular weight excluding hydrogens is 245 g/mol. The molecular formula is C12H9Cl2NO. The lowest BCUT2D eigenvalue weighted by Gasteiger charge is -2.05. The molecule has 4 heteroatoms. The first-order valence-corrected chi connectivity index (χ1v) is 5.37. The van der Waals surface area contributed by atoms with Crippen molar-refractivity contribution in [1.29, 1.82) is 0 Å². The van der Waals surface area contributed by atoms with E-state index in [1.165, 1.54) is 0 Å². The van der Waals surface area contributed by atoms with Crippen LogP contribution in [0, 0.1) is 0 Å². The number of phenols is 1. The van der Waals surface area contributed by atoms with Gasteiger partial charge in [0.25, 0.3) is 0 Å². The lowest BCUT2D eigenvalue weighted by Crippen LogP contribution is -1.86. The second-order valence-corrected chi connectivity index (χ2v) is 4.30. The normalized spacial score (nSPS) is 10.4. The Balaban J connectivity index is 2.54. The molecule has 0 saturated heterocycles. The summed E-state index contributed by atoms with van der Waals surface area (Å²) in [4.78, 5) is 0. The molecule has 0 aliphatic carbocycles. The zero-order valence-corrected chi connectivity index (χ0v) is 9.76. The van der Waals surface area contributed by atoms with Crippen LogP contribution in [-0.4, -0.2) is 5.11 Å². The van der Waals surface area contributed by atoms with E-state index in [1.807, 2.05) is 0 Å². The van der Waals surface area contributed by atoms with E-state index in [2.05, 4.69) is 0 Å². The van der Waals surface area contributed by atoms with Gasteiger partial charge in [-0.15, -0.1) is 0 Å². The van der Waals surface area contributed by atoms with Crippen molar-refractivity contribution in [2.24, 2.45) is 0 Å². The molecule has 0 bridgehead atoms. The summed E-state index contributed by atoms with van der Waals surface area (Å²) in [7, 11) is 0. The summed E-state index contributed by atoms with van der Waals surface area (Å²) in [5, 5.41) is 10.6. The predicted molar refractivity (Wildman–Crippen MR) is 68.0 cm³/mol. The van der Waals surface area contributed by atoms with Gasteiger partial charge in [-0.1, -0.05) is 29.3 Å². The molecule has 0 amide bonds. The van der Waals surface area contributed by atoms with Gasteiger partial charge in [-0.05, 0) is 41.5 Å². The molecule has 3 N–H and O–H groups in total. The Bertz CT molecular complexity index is 520. The lowest BCUT2D eigenvalue weighted by atomic mass is 10.1. The number of anilines is 1. The minimum Gasteiger partial charge on any atom is -0.506 e. The van der Waals surface area contributed by atoms with E-state index >= 15 is 0 Å². The molecule has 0 unspecified atom stereocenters. The molecule has 0 spiro atoms. The van der Waals surface area contributed by atoms with Crippen molar-refractivity contribution in [2.45, 2.75) is 0 Å². The van der Waals surface area contributed by atoms with Crippen LogP contribution in [0.2, 0.25) is 10.0 Å². The number of phenolic OH excluding ortho intramolecular Hbond substituents is 1. The molecule has 2 rings (SSSR count). The fourth-order valence-electron chi connectivity index (χ4n) is 1.44. The second-order valence-electron chi connectivity index (χ2n) is 3.43. The summed E-state index contributed by atoms with van der Waals surface area (Å²) < 4.78 is 0. The van der Waals surface area contributed by atoms with Crippen LogP contribution in [0.25, 0.3) is 11.1 Å². The Labute approximate surface area is 103 Å². The molecule has 2 aromatic carbocycles. The summed E-state index contributed by atoms with van der Waals surface area (Å²) in [6, 6.07) is 10.2. The van der Waals surface area contributed by atoms with E-state index in [0.29, 0.717) is 15.7 Å². The zero-order chi connectivity index (χ0) is 11.7. The molecule has 0 saturated carbocycles. The van der Waals surface area contributed by atoms with Crippen LogP contribution in [0.1, 0.15) is 0 Å². The van der Waals surface area contributed by atoms with Crippen molar-refractivity contribution in [3.05, 3.63) is 46.4 Å². The van der Waals surface area contributed by atoms with E-state index in [9.17, 15) is 5.11 Å². The number of aromatic hydroxyl groups is 1. The van der Waals surface area contributed by atoms with Gasteiger partial charge >= 0.3 is 0 Å². The smallest absolute Gasteiger partial charge is 0.139 e. The zero-order valence-electron chi connectivity index (χ0n) is 8.24. The van der Waals surface area contributed by atoms with Crippen molar-refractivity contribution in [3.63, 3.8) is 0 Å². The molecule has 16 heavy (non-hydrogen) atoms. The first-order valence-electron chi connectivity index (χ1n) is 4.61. The van der Waals surface area contributed by atoms with Gasteiger partial charge in [-0.25, -0.2) is 0 Å². The minimum atomic E-state index is 0.0496. The molecule has 0 aromatic heterocycles. The highest BCUT2D eigenvalue weighted by molar-refractivity contribution is 6.35. The van der Waals surface area contributed by atoms with E-state index in [-0.39, 0.29) is 5.75 Å². The summed E-state index contributed by atoms with van der Waals surface area (Å²) >= 11 is 11.8. The molecule has 0 aliphatic rings. The van der Waals surface area contributed by atoms with Crippen LogP contribution in [-0.2, 0) is 0 Å². The van der Waals surface area contributed by atoms with Crippen molar-refractivity contribution in [1.82, 2.24) is 0 Å². The van der Waals surface area contributed by atoms with Gasteiger partial charge in [0.2, 0.25) is 0 Å². The van der Waals surface area contributed by atoms with Gasteiger partial charge in [0.15, 0.2) is 0 Å². The van der Waals surface area contributed by atoms with Gasteiger partial charge in [-0.2, -0.15) is 0 Å². The quantitative estimate of drug-likeness (QED) is 0.597.